The van der Waals surface area contributed by atoms with Gasteiger partial charge < -0.3 is 19.4 Å². The molecule has 7 heteroatoms. The molecule has 1 saturated heterocycles. The highest BCUT2D eigenvalue weighted by Gasteiger charge is 2.30. The number of fused-ring (bicyclic) bond motifs is 2. The van der Waals surface area contributed by atoms with Gasteiger partial charge in [0.25, 0.3) is 0 Å². The number of carbonyl (C=O) groups is 1. The van der Waals surface area contributed by atoms with Crippen LogP contribution in [0.25, 0.3) is 10.9 Å². The van der Waals surface area contributed by atoms with Gasteiger partial charge in [0.1, 0.15) is 11.6 Å². The lowest BCUT2D eigenvalue weighted by Gasteiger charge is -2.32. The molecule has 0 radical (unpaired) electrons. The van der Waals surface area contributed by atoms with Crippen molar-refractivity contribution in [2.45, 2.75) is 58.0 Å². The lowest BCUT2D eigenvalue weighted by Crippen LogP contribution is -2.42. The standard InChI is InChI=1S/C22H28N6O/c1-2-10-26-13-9-16-7-8-18(14-19(16)26)23-22(29)27-11-3-5-17(15-27)21-25-24-20-6-4-12-28(20)21/h7-9,13-14,17H,2-6,10-12,15H2,1H3,(H,23,29)/t17-/m0/s1. The third kappa shape index (κ3) is 3.39. The van der Waals surface area contributed by atoms with E-state index in [0.717, 1.165) is 69.1 Å². The minimum absolute atomic E-state index is 0.0243. The zero-order valence-corrected chi connectivity index (χ0v) is 17.0. The average molecular weight is 393 g/mol. The summed E-state index contributed by atoms with van der Waals surface area (Å²) < 4.78 is 4.51. The van der Waals surface area contributed by atoms with Crippen LogP contribution in [-0.2, 0) is 19.5 Å². The molecule has 2 aliphatic heterocycles. The number of carbonyl (C=O) groups excluding carboxylic acids is 1. The highest BCUT2D eigenvalue weighted by atomic mass is 16.2. The summed E-state index contributed by atoms with van der Waals surface area (Å²) in [6, 6.07) is 8.25. The lowest BCUT2D eigenvalue weighted by molar-refractivity contribution is 0.190. The van der Waals surface area contributed by atoms with Crippen molar-refractivity contribution in [2.24, 2.45) is 0 Å². The topological polar surface area (TPSA) is 68.0 Å². The Morgan fingerprint density at radius 3 is 3.03 bits per heavy atom. The number of benzene rings is 1. The Bertz CT molecular complexity index is 1040. The second kappa shape index (κ2) is 7.54. The van der Waals surface area contributed by atoms with Crippen molar-refractivity contribution in [1.29, 1.82) is 0 Å². The van der Waals surface area contributed by atoms with Crippen LogP contribution in [-0.4, -0.2) is 43.4 Å². The monoisotopic (exact) mass is 392 g/mol. The Labute approximate surface area is 170 Å². The number of piperidine rings is 1. The first-order valence-corrected chi connectivity index (χ1v) is 10.8. The van der Waals surface area contributed by atoms with Gasteiger partial charge in [0.2, 0.25) is 0 Å². The summed E-state index contributed by atoms with van der Waals surface area (Å²) in [5, 5.41) is 13.1. The van der Waals surface area contributed by atoms with Gasteiger partial charge in [-0.05, 0) is 49.3 Å². The number of anilines is 1. The van der Waals surface area contributed by atoms with Crippen LogP contribution in [0.5, 0.6) is 0 Å². The van der Waals surface area contributed by atoms with Crippen molar-refractivity contribution in [2.75, 3.05) is 18.4 Å². The highest BCUT2D eigenvalue weighted by molar-refractivity contribution is 5.93. The lowest BCUT2D eigenvalue weighted by atomic mass is 9.97. The van der Waals surface area contributed by atoms with E-state index in [1.54, 1.807) is 0 Å². The van der Waals surface area contributed by atoms with E-state index in [1.807, 2.05) is 11.0 Å². The van der Waals surface area contributed by atoms with Gasteiger partial charge in [0, 0.05) is 50.4 Å². The maximum absolute atomic E-state index is 13.0. The molecule has 1 atom stereocenters. The van der Waals surface area contributed by atoms with E-state index in [2.05, 4.69) is 56.0 Å². The Hall–Kier alpha value is -2.83. The summed E-state index contributed by atoms with van der Waals surface area (Å²) in [6.45, 7) is 5.67. The number of hydrogen-bond acceptors (Lipinski definition) is 3. The van der Waals surface area contributed by atoms with Crippen molar-refractivity contribution in [3.05, 3.63) is 42.1 Å². The summed E-state index contributed by atoms with van der Waals surface area (Å²) in [6.07, 6.45) is 7.44. The Morgan fingerprint density at radius 2 is 2.14 bits per heavy atom. The third-order valence-electron chi connectivity index (χ3n) is 6.20. The van der Waals surface area contributed by atoms with Gasteiger partial charge in [-0.25, -0.2) is 4.79 Å². The van der Waals surface area contributed by atoms with E-state index >= 15 is 0 Å². The van der Waals surface area contributed by atoms with Gasteiger partial charge in [0.15, 0.2) is 0 Å². The quantitative estimate of drug-likeness (QED) is 0.730. The largest absolute Gasteiger partial charge is 0.347 e. The Morgan fingerprint density at radius 1 is 1.21 bits per heavy atom. The van der Waals surface area contributed by atoms with E-state index in [-0.39, 0.29) is 11.9 Å². The van der Waals surface area contributed by atoms with Crippen LogP contribution in [0.15, 0.2) is 30.5 Å². The van der Waals surface area contributed by atoms with E-state index in [4.69, 9.17) is 0 Å². The van der Waals surface area contributed by atoms with Crippen LogP contribution in [0.3, 0.4) is 0 Å². The number of likely N-dealkylation sites (tertiary alicyclic amines) is 1. The predicted octanol–water partition coefficient (Wildman–Crippen LogP) is 4.00. The van der Waals surface area contributed by atoms with Gasteiger partial charge in [-0.15, -0.1) is 10.2 Å². The summed E-state index contributed by atoms with van der Waals surface area (Å²) in [5.41, 5.74) is 2.02. The van der Waals surface area contributed by atoms with E-state index < -0.39 is 0 Å². The third-order valence-corrected chi connectivity index (χ3v) is 6.20. The second-order valence-corrected chi connectivity index (χ2v) is 8.23. The molecule has 2 amide bonds. The average Bonchev–Trinajstić information content (AvgIpc) is 3.44. The van der Waals surface area contributed by atoms with E-state index in [9.17, 15) is 4.79 Å². The minimum atomic E-state index is -0.0243. The molecule has 152 valence electrons. The van der Waals surface area contributed by atoms with Gasteiger partial charge in [-0.2, -0.15) is 0 Å². The van der Waals surface area contributed by atoms with Crippen LogP contribution >= 0.6 is 0 Å². The normalized spacial score (nSPS) is 18.9. The van der Waals surface area contributed by atoms with Crippen LogP contribution in [0, 0.1) is 0 Å². The first-order chi connectivity index (χ1) is 14.2. The highest BCUT2D eigenvalue weighted by Crippen LogP contribution is 2.29. The fourth-order valence-electron chi connectivity index (χ4n) is 4.75. The van der Waals surface area contributed by atoms with Crippen molar-refractivity contribution in [3.63, 3.8) is 0 Å². The molecule has 4 heterocycles. The van der Waals surface area contributed by atoms with Gasteiger partial charge in [0.05, 0.1) is 5.52 Å². The van der Waals surface area contributed by atoms with Crippen LogP contribution in [0.2, 0.25) is 0 Å². The fraction of sp³-hybridized carbons (Fsp3) is 0.500. The summed E-state index contributed by atoms with van der Waals surface area (Å²) in [7, 11) is 0. The van der Waals surface area contributed by atoms with Gasteiger partial charge in [-0.1, -0.05) is 13.0 Å². The molecule has 0 spiro atoms. The molecule has 5 rings (SSSR count). The molecule has 3 aromatic rings. The number of aryl methyl sites for hydroxylation is 2. The van der Waals surface area contributed by atoms with Gasteiger partial charge >= 0.3 is 6.03 Å². The maximum Gasteiger partial charge on any atom is 0.321 e. The van der Waals surface area contributed by atoms with Crippen molar-refractivity contribution < 1.29 is 4.79 Å². The number of urea groups is 1. The minimum Gasteiger partial charge on any atom is -0.347 e. The Kier molecular flexibility index (Phi) is 4.73. The summed E-state index contributed by atoms with van der Waals surface area (Å²) in [4.78, 5) is 14.9. The number of nitrogens with zero attached hydrogens (tertiary/aromatic N) is 5. The smallest absolute Gasteiger partial charge is 0.321 e. The molecule has 1 aromatic carbocycles. The second-order valence-electron chi connectivity index (χ2n) is 8.23. The van der Waals surface area contributed by atoms with E-state index in [0.29, 0.717) is 6.54 Å². The number of amides is 2. The molecule has 1 fully saturated rings. The number of nitrogens with one attached hydrogen (secondary N) is 1. The molecular weight excluding hydrogens is 364 g/mol. The zero-order chi connectivity index (χ0) is 19.8. The molecule has 7 nitrogen and oxygen atoms in total. The van der Waals surface area contributed by atoms with Crippen molar-refractivity contribution in [3.8, 4) is 0 Å². The molecule has 0 bridgehead atoms. The molecule has 0 aliphatic carbocycles. The molecule has 2 aromatic heterocycles. The Balaban J connectivity index is 1.30. The first kappa shape index (κ1) is 18.2. The van der Waals surface area contributed by atoms with Crippen molar-refractivity contribution in [1.82, 2.24) is 24.2 Å². The molecule has 0 unspecified atom stereocenters. The molecule has 29 heavy (non-hydrogen) atoms. The molecular formula is C22H28N6O. The number of hydrogen-bond donors (Lipinski definition) is 1. The predicted molar refractivity (Wildman–Crippen MR) is 113 cm³/mol. The fourth-order valence-corrected chi connectivity index (χ4v) is 4.75. The molecule has 1 N–H and O–H groups in total. The van der Waals surface area contributed by atoms with Crippen molar-refractivity contribution >= 4 is 22.6 Å². The SMILES string of the molecule is CCCn1ccc2ccc(NC(=O)N3CCC[C@H](c4nnc5n4CCC5)C3)cc21. The van der Waals surface area contributed by atoms with Gasteiger partial charge in [-0.3, -0.25) is 0 Å². The van der Waals surface area contributed by atoms with Crippen LogP contribution in [0.1, 0.15) is 50.2 Å². The number of aromatic nitrogens is 4. The number of rotatable bonds is 4. The van der Waals surface area contributed by atoms with Crippen LogP contribution in [0.4, 0.5) is 10.5 Å². The molecule has 0 saturated carbocycles. The first-order valence-electron chi connectivity index (χ1n) is 10.8. The van der Waals surface area contributed by atoms with E-state index in [1.165, 1.54) is 10.9 Å². The summed E-state index contributed by atoms with van der Waals surface area (Å²) >= 11 is 0. The zero-order valence-electron chi connectivity index (χ0n) is 17.0. The molecule has 2 aliphatic rings. The van der Waals surface area contributed by atoms with Crippen LogP contribution < -0.4 is 5.32 Å². The maximum atomic E-state index is 13.0. The summed E-state index contributed by atoms with van der Waals surface area (Å²) in [5.74, 6) is 2.44.